The number of aliphatic hydroxyl groups is 1. The summed E-state index contributed by atoms with van der Waals surface area (Å²) in [6, 6.07) is 7.22. The second kappa shape index (κ2) is 8.89. The van der Waals surface area contributed by atoms with Crippen molar-refractivity contribution in [1.29, 1.82) is 0 Å². The van der Waals surface area contributed by atoms with Crippen molar-refractivity contribution < 1.29 is 14.2 Å². The monoisotopic (exact) mass is 498 g/mol. The Balaban J connectivity index is 1.40. The van der Waals surface area contributed by atoms with E-state index in [0.717, 1.165) is 17.5 Å². The van der Waals surface area contributed by atoms with E-state index in [1.807, 2.05) is 18.3 Å². The first kappa shape index (κ1) is 23.7. The van der Waals surface area contributed by atoms with E-state index < -0.39 is 5.79 Å². The molecular weight excluding hydrogens is 471 g/mol. The van der Waals surface area contributed by atoms with Crippen LogP contribution in [0.25, 0.3) is 21.9 Å². The van der Waals surface area contributed by atoms with Crippen molar-refractivity contribution in [2.75, 3.05) is 11.5 Å². The van der Waals surface area contributed by atoms with E-state index in [2.05, 4.69) is 19.5 Å². The number of rotatable bonds is 6. The number of halogens is 2. The number of fused-ring (bicyclic) bond motifs is 2. The van der Waals surface area contributed by atoms with Crippen molar-refractivity contribution in [2.45, 2.75) is 57.5 Å². The van der Waals surface area contributed by atoms with Crippen LogP contribution in [0.3, 0.4) is 0 Å². The van der Waals surface area contributed by atoms with Gasteiger partial charge in [-0.05, 0) is 63.1 Å². The molecule has 3 atom stereocenters. The van der Waals surface area contributed by atoms with Gasteiger partial charge in [0.15, 0.2) is 11.6 Å². The Bertz CT molecular complexity index is 1400. The predicted molar refractivity (Wildman–Crippen MR) is 134 cm³/mol. The fraction of sp³-hybridized carbons (Fsp3) is 0.400. The van der Waals surface area contributed by atoms with Crippen LogP contribution in [-0.2, 0) is 11.2 Å². The minimum absolute atomic E-state index is 0.0985. The molecule has 35 heavy (non-hydrogen) atoms. The molecule has 4 aromatic rings. The van der Waals surface area contributed by atoms with Gasteiger partial charge in [-0.2, -0.15) is 0 Å². The van der Waals surface area contributed by atoms with Gasteiger partial charge in [0.05, 0.1) is 16.5 Å². The van der Waals surface area contributed by atoms with Crippen molar-refractivity contribution in [2.24, 2.45) is 5.92 Å². The summed E-state index contributed by atoms with van der Waals surface area (Å²) in [5.74, 6) is -1.02. The highest BCUT2D eigenvalue weighted by Gasteiger charge is 2.39. The van der Waals surface area contributed by atoms with E-state index in [1.165, 1.54) is 6.33 Å². The maximum atomic E-state index is 15.3. The highest BCUT2D eigenvalue weighted by atomic mass is 35.5. The predicted octanol–water partition coefficient (Wildman–Crippen LogP) is 4.63. The van der Waals surface area contributed by atoms with E-state index in [1.54, 1.807) is 26.0 Å². The van der Waals surface area contributed by atoms with Crippen molar-refractivity contribution in [1.82, 2.24) is 19.5 Å². The molecular formula is C25H28ClFN6O2. The van der Waals surface area contributed by atoms with E-state index >= 15 is 4.39 Å². The number of pyridine rings is 1. The van der Waals surface area contributed by atoms with Crippen LogP contribution in [0.2, 0.25) is 5.02 Å². The summed E-state index contributed by atoms with van der Waals surface area (Å²) >= 11 is 6.04. The van der Waals surface area contributed by atoms with E-state index in [4.69, 9.17) is 27.8 Å². The average Bonchev–Trinajstić information content (AvgIpc) is 3.38. The van der Waals surface area contributed by atoms with Crippen LogP contribution in [-0.4, -0.2) is 36.5 Å². The van der Waals surface area contributed by atoms with Gasteiger partial charge in [-0.25, -0.2) is 19.3 Å². The van der Waals surface area contributed by atoms with Gasteiger partial charge < -0.3 is 25.9 Å². The molecule has 1 aliphatic rings. The zero-order valence-electron chi connectivity index (χ0n) is 19.6. The first-order valence-electron chi connectivity index (χ1n) is 11.6. The number of hydrogen-bond acceptors (Lipinski definition) is 7. The van der Waals surface area contributed by atoms with Gasteiger partial charge in [-0.15, -0.1) is 0 Å². The largest absolute Gasteiger partial charge is 0.383 e. The molecule has 0 aliphatic heterocycles. The molecule has 184 valence electrons. The molecule has 1 aromatic carbocycles. The molecule has 1 aliphatic carbocycles. The van der Waals surface area contributed by atoms with Gasteiger partial charge in [0.25, 0.3) is 0 Å². The minimum Gasteiger partial charge on any atom is -0.383 e. The van der Waals surface area contributed by atoms with Crippen LogP contribution in [0.4, 0.5) is 16.0 Å². The van der Waals surface area contributed by atoms with E-state index in [0.29, 0.717) is 41.1 Å². The Morgan fingerprint density at radius 3 is 2.77 bits per heavy atom. The summed E-state index contributed by atoms with van der Waals surface area (Å²) in [6.07, 6.45) is 5.89. The second-order valence-electron chi connectivity index (χ2n) is 9.71. The van der Waals surface area contributed by atoms with Crippen LogP contribution in [0.15, 0.2) is 36.8 Å². The smallest absolute Gasteiger partial charge is 0.160 e. The average molecular weight is 499 g/mol. The Morgan fingerprint density at radius 1 is 1.20 bits per heavy atom. The number of ether oxygens (including phenoxy) is 1. The molecule has 0 spiro atoms. The lowest BCUT2D eigenvalue weighted by Gasteiger charge is -2.27. The number of benzene rings is 1. The number of nitrogens with zero attached hydrogens (tertiary/aromatic N) is 4. The Morgan fingerprint density at radius 2 is 2.00 bits per heavy atom. The van der Waals surface area contributed by atoms with Crippen LogP contribution in [0.5, 0.6) is 0 Å². The van der Waals surface area contributed by atoms with Gasteiger partial charge in [0.1, 0.15) is 29.1 Å². The third kappa shape index (κ3) is 4.63. The van der Waals surface area contributed by atoms with Gasteiger partial charge in [0.2, 0.25) is 0 Å². The number of anilines is 2. The fourth-order valence-corrected chi connectivity index (χ4v) is 5.32. The lowest BCUT2D eigenvalue weighted by molar-refractivity contribution is -0.212. The van der Waals surface area contributed by atoms with Crippen molar-refractivity contribution in [3.8, 4) is 0 Å². The number of hydrogen-bond donors (Lipinski definition) is 3. The lowest BCUT2D eigenvalue weighted by Crippen LogP contribution is -2.32. The Hall–Kier alpha value is -3.01. The van der Waals surface area contributed by atoms with Crippen LogP contribution < -0.4 is 11.5 Å². The molecule has 0 amide bonds. The third-order valence-corrected chi connectivity index (χ3v) is 7.05. The number of aryl methyl sites for hydroxylation is 1. The van der Waals surface area contributed by atoms with Crippen molar-refractivity contribution >= 4 is 45.2 Å². The topological polar surface area (TPSA) is 125 Å². The molecule has 3 aromatic heterocycles. The lowest BCUT2D eigenvalue weighted by atomic mass is 9.95. The van der Waals surface area contributed by atoms with Crippen molar-refractivity contribution in [3.05, 3.63) is 53.2 Å². The second-order valence-corrected chi connectivity index (χ2v) is 10.1. The van der Waals surface area contributed by atoms with Gasteiger partial charge in [-0.3, -0.25) is 0 Å². The maximum Gasteiger partial charge on any atom is 0.160 e. The van der Waals surface area contributed by atoms with Crippen LogP contribution >= 0.6 is 11.6 Å². The quantitative estimate of drug-likeness (QED) is 0.331. The fourth-order valence-electron chi connectivity index (χ4n) is 5.16. The first-order chi connectivity index (χ1) is 16.6. The normalized spacial score (nSPS) is 20.8. The van der Waals surface area contributed by atoms with Gasteiger partial charge in [-0.1, -0.05) is 23.7 Å². The summed E-state index contributed by atoms with van der Waals surface area (Å²) in [5, 5.41) is 12.1. The number of nitrogen functional groups attached to an aromatic ring is 2. The summed E-state index contributed by atoms with van der Waals surface area (Å²) < 4.78 is 23.4. The van der Waals surface area contributed by atoms with E-state index in [9.17, 15) is 5.11 Å². The highest BCUT2D eigenvalue weighted by Crippen LogP contribution is 2.42. The zero-order chi connectivity index (χ0) is 24.9. The van der Waals surface area contributed by atoms with Crippen molar-refractivity contribution in [3.63, 3.8) is 0 Å². The molecule has 5 rings (SSSR count). The molecule has 5 N–H and O–H groups in total. The summed E-state index contributed by atoms with van der Waals surface area (Å²) in [7, 11) is 0. The summed E-state index contributed by atoms with van der Waals surface area (Å²) in [6.45, 7) is 3.25. The summed E-state index contributed by atoms with van der Waals surface area (Å²) in [5.41, 5.74) is 13.4. The van der Waals surface area contributed by atoms with Gasteiger partial charge >= 0.3 is 0 Å². The molecule has 1 saturated carbocycles. The third-order valence-electron chi connectivity index (χ3n) is 6.75. The molecule has 0 saturated heterocycles. The maximum absolute atomic E-state index is 15.3. The number of aromatic nitrogens is 4. The van der Waals surface area contributed by atoms with Gasteiger partial charge in [0, 0.05) is 17.6 Å². The Kier molecular flexibility index (Phi) is 6.03. The highest BCUT2D eigenvalue weighted by molar-refractivity contribution is 6.33. The first-order valence-corrected chi connectivity index (χ1v) is 12.0. The van der Waals surface area contributed by atoms with E-state index in [-0.39, 0.29) is 35.2 Å². The zero-order valence-corrected chi connectivity index (χ0v) is 20.3. The summed E-state index contributed by atoms with van der Waals surface area (Å²) in [4.78, 5) is 12.6. The molecule has 10 heteroatoms. The minimum atomic E-state index is -1.28. The van der Waals surface area contributed by atoms with Crippen LogP contribution in [0, 0.1) is 11.7 Å². The van der Waals surface area contributed by atoms with Crippen LogP contribution in [0.1, 0.15) is 44.7 Å². The standard InChI is InChI=1S/C25H28ClFN6O2/c1-25(2,34)35-19-11-16(33-8-7-17-22(28)30-12-31-24(17)33)9-14(19)5-3-13-4-6-15-10-18(26)23(29)32-21(15)20(13)27/h4,6-8,10,12,14,16,19,34H,3,5,9,11H2,1-2H3,(H2,29,32)(H2,28,30,31)/t14?,16?,19-/m0/s1. The molecule has 0 radical (unpaired) electrons. The molecule has 2 unspecified atom stereocenters. The molecule has 1 fully saturated rings. The number of nitrogens with two attached hydrogens (primary N) is 2. The molecule has 3 heterocycles. The molecule has 8 nitrogen and oxygen atoms in total. The Labute approximate surface area is 207 Å². The molecule has 0 bridgehead atoms. The SMILES string of the molecule is CC(C)(O)O[C@H]1CC(n2ccc3c(N)ncnc32)CC1CCc1ccc2cc(Cl)c(N)nc2c1F.